The first-order valence-corrected chi connectivity index (χ1v) is 12.5. The van der Waals surface area contributed by atoms with Crippen molar-refractivity contribution in [1.82, 2.24) is 0 Å². The Morgan fingerprint density at radius 2 is 1.69 bits per heavy atom. The Kier molecular flexibility index (Phi) is 6.26. The zero-order valence-electron chi connectivity index (χ0n) is 20.6. The van der Waals surface area contributed by atoms with E-state index in [1.807, 2.05) is 19.1 Å². The average Bonchev–Trinajstić information content (AvgIpc) is 2.79. The molecule has 0 spiro atoms. The van der Waals surface area contributed by atoms with Crippen molar-refractivity contribution in [2.75, 3.05) is 0 Å². The van der Waals surface area contributed by atoms with E-state index in [4.69, 9.17) is 4.74 Å². The Balaban J connectivity index is 1.65. The topological polar surface area (TPSA) is 43.4 Å². The zero-order chi connectivity index (χ0) is 23.1. The van der Waals surface area contributed by atoms with Crippen molar-refractivity contribution in [2.45, 2.75) is 92.3 Å². The lowest BCUT2D eigenvalue weighted by Gasteiger charge is -2.56. The molecule has 2 saturated carbocycles. The van der Waals surface area contributed by atoms with Gasteiger partial charge in [0.05, 0.1) is 12.7 Å². The van der Waals surface area contributed by atoms with Gasteiger partial charge in [0.1, 0.15) is 5.78 Å². The third-order valence-electron chi connectivity index (χ3n) is 9.34. The molecule has 0 radical (unpaired) electrons. The van der Waals surface area contributed by atoms with Crippen LogP contribution in [0.1, 0.15) is 85.1 Å². The van der Waals surface area contributed by atoms with E-state index in [0.717, 1.165) is 44.1 Å². The van der Waals surface area contributed by atoms with Gasteiger partial charge < -0.3 is 4.74 Å². The Labute approximate surface area is 194 Å². The minimum atomic E-state index is -0.332. The lowest BCUT2D eigenvalue weighted by atomic mass is 9.50. The third kappa shape index (κ3) is 4.14. The van der Waals surface area contributed by atoms with Crippen LogP contribution in [0.2, 0.25) is 0 Å². The van der Waals surface area contributed by atoms with Gasteiger partial charge in [0.2, 0.25) is 0 Å². The number of Topliss-reactive ketones (excluding diaryl/α,β-unsaturated/α-hetero) is 1. The number of ether oxygens (including phenoxy) is 1. The van der Waals surface area contributed by atoms with Crippen LogP contribution in [0.15, 0.2) is 42.0 Å². The Hall–Kier alpha value is -1.74. The number of ketones is 2. The predicted molar refractivity (Wildman–Crippen MR) is 128 cm³/mol. The van der Waals surface area contributed by atoms with Crippen LogP contribution in [0.25, 0.3) is 0 Å². The van der Waals surface area contributed by atoms with Crippen LogP contribution < -0.4 is 0 Å². The maximum atomic E-state index is 14.0. The van der Waals surface area contributed by atoms with E-state index in [-0.39, 0.29) is 34.1 Å². The molecule has 1 aromatic carbocycles. The number of benzene rings is 1. The Bertz CT molecular complexity index is 898. The molecule has 3 heteroatoms. The molecule has 0 aromatic heterocycles. The molecule has 174 valence electrons. The summed E-state index contributed by atoms with van der Waals surface area (Å²) >= 11 is 0. The van der Waals surface area contributed by atoms with Gasteiger partial charge in [-0.25, -0.2) is 0 Å². The second-order valence-corrected chi connectivity index (χ2v) is 11.9. The van der Waals surface area contributed by atoms with Gasteiger partial charge in [-0.3, -0.25) is 9.59 Å². The number of hydrogen-bond acceptors (Lipinski definition) is 3. The van der Waals surface area contributed by atoms with Crippen LogP contribution in [0.4, 0.5) is 0 Å². The van der Waals surface area contributed by atoms with Crippen LogP contribution >= 0.6 is 0 Å². The number of allylic oxidation sites excluding steroid dienone is 2. The Morgan fingerprint density at radius 1 is 0.969 bits per heavy atom. The first-order chi connectivity index (χ1) is 15.1. The summed E-state index contributed by atoms with van der Waals surface area (Å²) in [6.07, 6.45) is 7.87. The highest BCUT2D eigenvalue weighted by Crippen LogP contribution is 2.62. The molecule has 5 atom stereocenters. The number of carbonyl (C=O) groups is 2. The average molecular weight is 437 g/mol. The number of fused-ring (bicyclic) bond motifs is 4. The lowest BCUT2D eigenvalue weighted by Crippen LogP contribution is -2.54. The summed E-state index contributed by atoms with van der Waals surface area (Å²) in [5.74, 6) is 0.646. The first kappa shape index (κ1) is 23.4. The van der Waals surface area contributed by atoms with Gasteiger partial charge in [-0.15, -0.1) is 0 Å². The van der Waals surface area contributed by atoms with Gasteiger partial charge >= 0.3 is 0 Å². The summed E-state index contributed by atoms with van der Waals surface area (Å²) in [7, 11) is 0. The van der Waals surface area contributed by atoms with E-state index in [9.17, 15) is 9.59 Å². The minimum absolute atomic E-state index is 0.0511. The van der Waals surface area contributed by atoms with Gasteiger partial charge in [-0.2, -0.15) is 0 Å². The maximum Gasteiger partial charge on any atom is 0.156 e. The van der Waals surface area contributed by atoms with Crippen molar-refractivity contribution in [3.8, 4) is 0 Å². The zero-order valence-corrected chi connectivity index (χ0v) is 20.6. The van der Waals surface area contributed by atoms with E-state index >= 15 is 0 Å². The summed E-state index contributed by atoms with van der Waals surface area (Å²) in [5, 5.41) is 0. The minimum Gasteiger partial charge on any atom is -0.373 e. The molecule has 1 unspecified atom stereocenters. The van der Waals surface area contributed by atoms with E-state index in [2.05, 4.69) is 52.0 Å². The second kappa shape index (κ2) is 8.56. The van der Waals surface area contributed by atoms with Gasteiger partial charge in [0.15, 0.2) is 5.78 Å². The van der Waals surface area contributed by atoms with Gasteiger partial charge in [0, 0.05) is 17.8 Å². The van der Waals surface area contributed by atoms with Crippen molar-refractivity contribution in [1.29, 1.82) is 0 Å². The van der Waals surface area contributed by atoms with Crippen LogP contribution in [-0.2, 0) is 20.9 Å². The van der Waals surface area contributed by atoms with E-state index in [0.29, 0.717) is 24.7 Å². The summed E-state index contributed by atoms with van der Waals surface area (Å²) in [4.78, 5) is 26.9. The molecule has 4 rings (SSSR count). The molecule has 32 heavy (non-hydrogen) atoms. The van der Waals surface area contributed by atoms with Gasteiger partial charge in [-0.1, -0.05) is 63.6 Å². The molecule has 2 fully saturated rings. The molecule has 1 aromatic rings. The van der Waals surface area contributed by atoms with E-state index in [1.54, 1.807) is 0 Å². The Morgan fingerprint density at radius 3 is 2.41 bits per heavy atom. The molecule has 0 aliphatic heterocycles. The van der Waals surface area contributed by atoms with Crippen LogP contribution in [0.3, 0.4) is 0 Å². The molecule has 0 N–H and O–H groups in total. The quantitative estimate of drug-likeness (QED) is 0.529. The molecule has 2 bridgehead atoms. The first-order valence-electron chi connectivity index (χ1n) is 12.5. The summed E-state index contributed by atoms with van der Waals surface area (Å²) in [6.45, 7) is 11.8. The molecule has 3 nitrogen and oxygen atoms in total. The smallest absolute Gasteiger partial charge is 0.156 e. The molecular formula is C29H40O3. The van der Waals surface area contributed by atoms with Crippen molar-refractivity contribution in [3.05, 3.63) is 47.5 Å². The molecule has 3 aliphatic carbocycles. The fourth-order valence-electron chi connectivity index (χ4n) is 7.21. The molecule has 3 aliphatic rings. The molecule has 0 amide bonds. The summed E-state index contributed by atoms with van der Waals surface area (Å²) in [5.41, 5.74) is 1.78. The second-order valence-electron chi connectivity index (χ2n) is 11.9. The highest BCUT2D eigenvalue weighted by Gasteiger charge is 2.60. The number of hydrogen-bond donors (Lipinski definition) is 0. The SMILES string of the molecule is C/C1=C/C(=O)C[C@@H]2C(=O)[C@@](C)(CC1)CC[C@H]1C(C)(C)[C@H](OCc3ccccc3)CCC21C. The van der Waals surface area contributed by atoms with Crippen LogP contribution in [0.5, 0.6) is 0 Å². The third-order valence-corrected chi connectivity index (χ3v) is 9.34. The monoisotopic (exact) mass is 436 g/mol. The van der Waals surface area contributed by atoms with Gasteiger partial charge in [0.25, 0.3) is 0 Å². The maximum absolute atomic E-state index is 14.0. The van der Waals surface area contributed by atoms with Crippen molar-refractivity contribution in [2.24, 2.45) is 28.1 Å². The van der Waals surface area contributed by atoms with Crippen molar-refractivity contribution >= 4 is 11.6 Å². The van der Waals surface area contributed by atoms with Crippen LogP contribution in [0, 0.1) is 28.1 Å². The van der Waals surface area contributed by atoms with Crippen molar-refractivity contribution < 1.29 is 14.3 Å². The normalized spacial score (nSPS) is 39.0. The van der Waals surface area contributed by atoms with Crippen LogP contribution in [-0.4, -0.2) is 17.7 Å². The van der Waals surface area contributed by atoms with Gasteiger partial charge in [-0.05, 0) is 73.8 Å². The van der Waals surface area contributed by atoms with E-state index < -0.39 is 0 Å². The predicted octanol–water partition coefficient (Wildman–Crippen LogP) is 6.70. The summed E-state index contributed by atoms with van der Waals surface area (Å²) < 4.78 is 6.53. The fraction of sp³-hybridized carbons (Fsp3) is 0.655. The highest BCUT2D eigenvalue weighted by molar-refractivity contribution is 5.97. The lowest BCUT2D eigenvalue weighted by molar-refractivity contribution is -0.158. The fourth-order valence-corrected chi connectivity index (χ4v) is 7.21. The number of rotatable bonds is 3. The number of carbonyl (C=O) groups excluding carboxylic acids is 2. The summed E-state index contributed by atoms with van der Waals surface area (Å²) in [6, 6.07) is 10.4. The standard InChI is InChI=1S/C29H40O3/c1-20-11-14-28(4)15-12-24-27(2,3)25(32-19-21-9-7-6-8-10-21)13-16-29(24,5)23(26(28)31)18-22(30)17-20/h6-10,17,23-25H,11-16,18-19H2,1-5H3/b20-17-/t23-,24+,25-,28+,29?/m1/s1. The molecule has 0 saturated heterocycles. The van der Waals surface area contributed by atoms with Crippen molar-refractivity contribution in [3.63, 3.8) is 0 Å². The largest absolute Gasteiger partial charge is 0.373 e. The molecule has 0 heterocycles. The highest BCUT2D eigenvalue weighted by atomic mass is 16.5. The molecular weight excluding hydrogens is 396 g/mol. The van der Waals surface area contributed by atoms with E-state index in [1.165, 1.54) is 5.56 Å².